The van der Waals surface area contributed by atoms with Gasteiger partial charge in [0.2, 0.25) is 0 Å². The molecule has 0 aliphatic rings. The molecule has 0 saturated carbocycles. The highest BCUT2D eigenvalue weighted by molar-refractivity contribution is 5.18. The Labute approximate surface area is 111 Å². The molecule has 108 valence electrons. The molecule has 0 saturated heterocycles. The van der Waals surface area contributed by atoms with Crippen LogP contribution in [0.5, 0.6) is 0 Å². The Morgan fingerprint density at radius 2 is 1.47 bits per heavy atom. The summed E-state index contributed by atoms with van der Waals surface area (Å²) in [5.74, 6) is 0. The van der Waals surface area contributed by atoms with E-state index < -0.39 is 30.8 Å². The third-order valence-electron chi connectivity index (χ3n) is 2.87. The van der Waals surface area contributed by atoms with Gasteiger partial charge in [-0.1, -0.05) is 30.3 Å². The maximum absolute atomic E-state index is 13.8. The van der Waals surface area contributed by atoms with Crippen LogP contribution in [-0.4, -0.2) is 54.2 Å². The molecule has 4 unspecified atom stereocenters. The Morgan fingerprint density at radius 1 is 0.947 bits per heavy atom. The summed E-state index contributed by atoms with van der Waals surface area (Å²) in [6.07, 6.45) is -8.22. The van der Waals surface area contributed by atoms with Crippen molar-refractivity contribution in [2.24, 2.45) is 0 Å². The molecule has 19 heavy (non-hydrogen) atoms. The molecule has 1 aromatic carbocycles. The van der Waals surface area contributed by atoms with Crippen molar-refractivity contribution in [2.75, 3.05) is 14.2 Å². The molecule has 0 amide bonds. The summed E-state index contributed by atoms with van der Waals surface area (Å²) in [6, 6.07) is 8.20. The average molecular weight is 274 g/mol. The second-order valence-corrected chi connectivity index (χ2v) is 4.12. The first-order valence-corrected chi connectivity index (χ1v) is 5.81. The van der Waals surface area contributed by atoms with Gasteiger partial charge in [0.15, 0.2) is 12.5 Å². The van der Waals surface area contributed by atoms with Crippen molar-refractivity contribution >= 4 is 0 Å². The molecule has 4 atom stereocenters. The smallest absolute Gasteiger partial charge is 0.190 e. The summed E-state index contributed by atoms with van der Waals surface area (Å²) < 4.78 is 23.2. The summed E-state index contributed by atoms with van der Waals surface area (Å²) in [5.41, 5.74) is 0.382. The second kappa shape index (κ2) is 7.52. The Hall–Kier alpha value is -1.05. The fraction of sp³-hybridized carbons (Fsp3) is 0.538. The maximum Gasteiger partial charge on any atom is 0.190 e. The molecular formula is C13H19FO5. The van der Waals surface area contributed by atoms with Crippen LogP contribution in [0.1, 0.15) is 11.7 Å². The number of aliphatic hydroxyl groups is 3. The third kappa shape index (κ3) is 3.95. The minimum Gasteiger partial charge on any atom is -0.387 e. The number of alkyl halides is 1. The zero-order valence-electron chi connectivity index (χ0n) is 10.8. The SMILES string of the molecule is COC(OC)C(F)C(O)C(O)C(O)c1ccccc1. The van der Waals surface area contributed by atoms with Gasteiger partial charge in [-0.25, -0.2) is 4.39 Å². The number of benzene rings is 1. The lowest BCUT2D eigenvalue weighted by molar-refractivity contribution is -0.189. The number of halogens is 1. The first kappa shape index (κ1) is 16.0. The highest BCUT2D eigenvalue weighted by atomic mass is 19.1. The van der Waals surface area contributed by atoms with Crippen LogP contribution < -0.4 is 0 Å². The number of methoxy groups -OCH3 is 2. The normalized spacial score (nSPS) is 18.1. The molecule has 0 spiro atoms. The average Bonchev–Trinajstić information content (AvgIpc) is 2.47. The number of hydrogen-bond acceptors (Lipinski definition) is 5. The zero-order chi connectivity index (χ0) is 14.4. The van der Waals surface area contributed by atoms with Crippen molar-refractivity contribution in [3.05, 3.63) is 35.9 Å². The molecular weight excluding hydrogens is 255 g/mol. The Balaban J connectivity index is 2.73. The third-order valence-corrected chi connectivity index (χ3v) is 2.87. The Morgan fingerprint density at radius 3 is 1.95 bits per heavy atom. The standard InChI is InChI=1S/C13H19FO5/c1-18-13(19-2)9(14)11(16)12(17)10(15)8-6-4-3-5-7-8/h3-7,9-13,15-17H,1-2H3. The molecule has 0 bridgehead atoms. The number of hydrogen-bond donors (Lipinski definition) is 3. The van der Waals surface area contributed by atoms with Gasteiger partial charge in [0.05, 0.1) is 0 Å². The van der Waals surface area contributed by atoms with Crippen molar-refractivity contribution in [2.45, 2.75) is 30.8 Å². The van der Waals surface area contributed by atoms with Gasteiger partial charge in [-0.05, 0) is 5.56 Å². The van der Waals surface area contributed by atoms with Crippen molar-refractivity contribution in [1.82, 2.24) is 0 Å². The summed E-state index contributed by atoms with van der Waals surface area (Å²) >= 11 is 0. The van der Waals surface area contributed by atoms with E-state index in [1.165, 1.54) is 14.2 Å². The van der Waals surface area contributed by atoms with Crippen LogP contribution in [0.15, 0.2) is 30.3 Å². The predicted molar refractivity (Wildman–Crippen MR) is 66.1 cm³/mol. The van der Waals surface area contributed by atoms with Gasteiger partial charge in [0.25, 0.3) is 0 Å². The largest absolute Gasteiger partial charge is 0.387 e. The number of ether oxygens (including phenoxy) is 2. The predicted octanol–water partition coefficient (Wildman–Crippen LogP) is 0.399. The fourth-order valence-corrected chi connectivity index (χ4v) is 1.74. The van der Waals surface area contributed by atoms with Crippen LogP contribution in [0.2, 0.25) is 0 Å². The van der Waals surface area contributed by atoms with Crippen LogP contribution in [0, 0.1) is 0 Å². The highest BCUT2D eigenvalue weighted by Crippen LogP contribution is 2.22. The molecule has 1 aromatic rings. The molecule has 3 N–H and O–H groups in total. The van der Waals surface area contributed by atoms with Gasteiger partial charge in [-0.2, -0.15) is 0 Å². The lowest BCUT2D eigenvalue weighted by Crippen LogP contribution is -2.45. The van der Waals surface area contributed by atoms with Gasteiger partial charge in [-0.15, -0.1) is 0 Å². The van der Waals surface area contributed by atoms with E-state index in [-0.39, 0.29) is 0 Å². The Bertz CT molecular complexity index is 357. The lowest BCUT2D eigenvalue weighted by atomic mass is 9.98. The van der Waals surface area contributed by atoms with Gasteiger partial charge in [-0.3, -0.25) is 0 Å². The van der Waals surface area contributed by atoms with E-state index in [4.69, 9.17) is 0 Å². The van der Waals surface area contributed by atoms with Crippen molar-refractivity contribution in [1.29, 1.82) is 0 Å². The van der Waals surface area contributed by atoms with E-state index in [1.54, 1.807) is 30.3 Å². The number of rotatable bonds is 7. The van der Waals surface area contributed by atoms with E-state index in [0.717, 1.165) is 0 Å². The quantitative estimate of drug-likeness (QED) is 0.627. The van der Waals surface area contributed by atoms with Gasteiger partial charge >= 0.3 is 0 Å². The van der Waals surface area contributed by atoms with E-state index >= 15 is 0 Å². The van der Waals surface area contributed by atoms with Crippen molar-refractivity contribution in [3.63, 3.8) is 0 Å². The van der Waals surface area contributed by atoms with E-state index in [2.05, 4.69) is 9.47 Å². The minimum absolute atomic E-state index is 0.382. The van der Waals surface area contributed by atoms with Gasteiger partial charge < -0.3 is 24.8 Å². The van der Waals surface area contributed by atoms with E-state index in [1.807, 2.05) is 0 Å². The van der Waals surface area contributed by atoms with Gasteiger partial charge in [0, 0.05) is 14.2 Å². The summed E-state index contributed by atoms with van der Waals surface area (Å²) in [5, 5.41) is 29.4. The summed E-state index contributed by atoms with van der Waals surface area (Å²) in [7, 11) is 2.43. The molecule has 0 aromatic heterocycles. The minimum atomic E-state index is -1.98. The van der Waals surface area contributed by atoms with Crippen molar-refractivity contribution in [3.8, 4) is 0 Å². The molecule has 0 heterocycles. The summed E-state index contributed by atoms with van der Waals surface area (Å²) in [4.78, 5) is 0. The lowest BCUT2D eigenvalue weighted by Gasteiger charge is -2.28. The van der Waals surface area contributed by atoms with Crippen LogP contribution in [-0.2, 0) is 9.47 Å². The molecule has 6 heteroatoms. The van der Waals surface area contributed by atoms with E-state index in [0.29, 0.717) is 5.56 Å². The number of aliphatic hydroxyl groups excluding tert-OH is 3. The van der Waals surface area contributed by atoms with Crippen molar-refractivity contribution < 1.29 is 29.2 Å². The molecule has 0 fully saturated rings. The first-order valence-electron chi connectivity index (χ1n) is 5.81. The topological polar surface area (TPSA) is 79.2 Å². The fourth-order valence-electron chi connectivity index (χ4n) is 1.74. The van der Waals surface area contributed by atoms with Crippen LogP contribution >= 0.6 is 0 Å². The molecule has 0 radical (unpaired) electrons. The maximum atomic E-state index is 13.8. The Kier molecular flexibility index (Phi) is 6.33. The van der Waals surface area contributed by atoms with Gasteiger partial charge in [0.1, 0.15) is 18.3 Å². The van der Waals surface area contributed by atoms with Crippen LogP contribution in [0.3, 0.4) is 0 Å². The van der Waals surface area contributed by atoms with E-state index in [9.17, 15) is 19.7 Å². The molecule has 0 aliphatic heterocycles. The van der Waals surface area contributed by atoms with Crippen LogP contribution in [0.4, 0.5) is 4.39 Å². The zero-order valence-corrected chi connectivity index (χ0v) is 10.8. The highest BCUT2D eigenvalue weighted by Gasteiger charge is 2.37. The molecule has 1 rings (SSSR count). The van der Waals surface area contributed by atoms with Crippen LogP contribution in [0.25, 0.3) is 0 Å². The first-order chi connectivity index (χ1) is 9.02. The molecule has 0 aliphatic carbocycles. The molecule has 5 nitrogen and oxygen atoms in total. The summed E-state index contributed by atoms with van der Waals surface area (Å²) in [6.45, 7) is 0. The monoisotopic (exact) mass is 274 g/mol. The second-order valence-electron chi connectivity index (χ2n) is 4.12.